The van der Waals surface area contributed by atoms with Gasteiger partial charge in [-0.15, -0.1) is 0 Å². The van der Waals surface area contributed by atoms with Crippen LogP contribution in [-0.4, -0.2) is 7.05 Å². The van der Waals surface area contributed by atoms with Gasteiger partial charge in [-0.25, -0.2) is 0 Å². The van der Waals surface area contributed by atoms with Gasteiger partial charge in [-0.05, 0) is 47.0 Å². The van der Waals surface area contributed by atoms with Crippen molar-refractivity contribution in [3.8, 4) is 0 Å². The van der Waals surface area contributed by atoms with Crippen molar-refractivity contribution >= 4 is 28.6 Å². The summed E-state index contributed by atoms with van der Waals surface area (Å²) in [5.74, 6) is 0. The smallest absolute Gasteiger partial charge is 0.0337 e. The van der Waals surface area contributed by atoms with Crippen LogP contribution in [0.1, 0.15) is 16.7 Å². The third kappa shape index (κ3) is 3.14. The molecule has 0 fully saturated rings. The summed E-state index contributed by atoms with van der Waals surface area (Å²) >= 11 is 0. The van der Waals surface area contributed by atoms with Gasteiger partial charge in [-0.2, -0.15) is 0 Å². The molecule has 0 saturated carbocycles. The Morgan fingerprint density at radius 2 is 1.33 bits per heavy atom. The van der Waals surface area contributed by atoms with Crippen molar-refractivity contribution in [2.75, 3.05) is 12.4 Å². The van der Waals surface area contributed by atoms with E-state index in [1.54, 1.807) is 0 Å². The second-order valence-corrected chi connectivity index (χ2v) is 5.32. The number of hydrogen-bond donors (Lipinski definition) is 1. The Morgan fingerprint density at radius 1 is 0.714 bits per heavy atom. The lowest BCUT2D eigenvalue weighted by molar-refractivity contribution is 1.50. The summed E-state index contributed by atoms with van der Waals surface area (Å²) < 4.78 is 0. The maximum atomic E-state index is 3.13. The van der Waals surface area contributed by atoms with Crippen LogP contribution in [0.15, 0.2) is 60.7 Å². The number of hydrogen-bond acceptors (Lipinski definition) is 1. The highest BCUT2D eigenvalue weighted by molar-refractivity contribution is 5.86. The third-order valence-corrected chi connectivity index (χ3v) is 3.69. The first-order valence-electron chi connectivity index (χ1n) is 7.21. The topological polar surface area (TPSA) is 12.0 Å². The van der Waals surface area contributed by atoms with Crippen LogP contribution in [-0.2, 0) is 0 Å². The van der Waals surface area contributed by atoms with Gasteiger partial charge in [0.15, 0.2) is 0 Å². The van der Waals surface area contributed by atoms with Gasteiger partial charge in [0, 0.05) is 12.7 Å². The molecule has 0 spiro atoms. The predicted molar refractivity (Wildman–Crippen MR) is 93.6 cm³/mol. The average molecular weight is 273 g/mol. The minimum Gasteiger partial charge on any atom is -0.388 e. The Balaban J connectivity index is 1.86. The Hall–Kier alpha value is -2.54. The van der Waals surface area contributed by atoms with Crippen LogP contribution in [0.2, 0.25) is 0 Å². The van der Waals surface area contributed by atoms with E-state index in [4.69, 9.17) is 0 Å². The summed E-state index contributed by atoms with van der Waals surface area (Å²) in [5.41, 5.74) is 4.87. The van der Waals surface area contributed by atoms with Crippen molar-refractivity contribution in [1.29, 1.82) is 0 Å². The van der Waals surface area contributed by atoms with Crippen molar-refractivity contribution in [2.24, 2.45) is 0 Å². The van der Waals surface area contributed by atoms with Crippen molar-refractivity contribution in [3.05, 3.63) is 77.4 Å². The van der Waals surface area contributed by atoms with Crippen molar-refractivity contribution in [1.82, 2.24) is 0 Å². The zero-order valence-electron chi connectivity index (χ0n) is 12.4. The highest BCUT2D eigenvalue weighted by atomic mass is 14.8. The molecule has 0 bridgehead atoms. The largest absolute Gasteiger partial charge is 0.388 e. The molecule has 0 unspecified atom stereocenters. The minimum atomic E-state index is 1.13. The fraction of sp³-hybridized carbons (Fsp3) is 0.100. The lowest BCUT2D eigenvalue weighted by Crippen LogP contribution is -1.86. The second kappa shape index (κ2) is 5.84. The zero-order chi connectivity index (χ0) is 14.7. The molecular formula is C20H19N. The molecule has 1 N–H and O–H groups in total. The Morgan fingerprint density at radius 3 is 2.10 bits per heavy atom. The van der Waals surface area contributed by atoms with E-state index in [2.05, 4.69) is 85.1 Å². The van der Waals surface area contributed by atoms with Gasteiger partial charge < -0.3 is 5.32 Å². The van der Waals surface area contributed by atoms with Gasteiger partial charge >= 0.3 is 0 Å². The Labute approximate surface area is 125 Å². The summed E-state index contributed by atoms with van der Waals surface area (Å²) in [7, 11) is 1.93. The van der Waals surface area contributed by atoms with Crippen LogP contribution in [0.5, 0.6) is 0 Å². The molecule has 0 aliphatic carbocycles. The molecule has 1 nitrogen and oxygen atoms in total. The summed E-state index contributed by atoms with van der Waals surface area (Å²) in [5, 5.41) is 5.71. The van der Waals surface area contributed by atoms with Crippen LogP contribution in [0, 0.1) is 6.92 Å². The molecule has 0 atom stereocenters. The van der Waals surface area contributed by atoms with E-state index >= 15 is 0 Å². The lowest BCUT2D eigenvalue weighted by atomic mass is 10.0. The van der Waals surface area contributed by atoms with Crippen LogP contribution >= 0.6 is 0 Å². The standard InChI is InChI=1S/C20H19N/c1-15-3-9-19-14-17(6-10-18(19)13-15)5-4-16-7-11-20(21-2)12-8-16/h3-14,21H,1-2H3/b5-4+. The highest BCUT2D eigenvalue weighted by Crippen LogP contribution is 2.19. The Bertz CT molecular complexity index is 783. The van der Waals surface area contributed by atoms with Crippen molar-refractivity contribution in [2.45, 2.75) is 6.92 Å². The molecule has 0 heterocycles. The van der Waals surface area contributed by atoms with E-state index in [0.717, 1.165) is 5.69 Å². The Kier molecular flexibility index (Phi) is 3.74. The van der Waals surface area contributed by atoms with Crippen LogP contribution in [0.4, 0.5) is 5.69 Å². The molecule has 0 aliphatic rings. The predicted octanol–water partition coefficient (Wildman–Crippen LogP) is 5.36. The molecule has 1 heteroatoms. The van der Waals surface area contributed by atoms with Crippen LogP contribution < -0.4 is 5.32 Å². The molecule has 0 aromatic heterocycles. The van der Waals surface area contributed by atoms with Gasteiger partial charge in [-0.1, -0.05) is 60.2 Å². The highest BCUT2D eigenvalue weighted by Gasteiger charge is 1.95. The zero-order valence-corrected chi connectivity index (χ0v) is 12.4. The van der Waals surface area contributed by atoms with E-state index in [0.29, 0.717) is 0 Å². The quantitative estimate of drug-likeness (QED) is 0.633. The fourth-order valence-corrected chi connectivity index (χ4v) is 2.44. The van der Waals surface area contributed by atoms with Gasteiger partial charge in [0.25, 0.3) is 0 Å². The monoisotopic (exact) mass is 273 g/mol. The average Bonchev–Trinajstić information content (AvgIpc) is 2.53. The van der Waals surface area contributed by atoms with E-state index in [1.165, 1.54) is 27.5 Å². The number of fused-ring (bicyclic) bond motifs is 1. The fourth-order valence-electron chi connectivity index (χ4n) is 2.44. The number of rotatable bonds is 3. The van der Waals surface area contributed by atoms with E-state index in [9.17, 15) is 0 Å². The normalized spacial score (nSPS) is 11.1. The lowest BCUT2D eigenvalue weighted by Gasteiger charge is -2.02. The second-order valence-electron chi connectivity index (χ2n) is 5.32. The molecule has 0 radical (unpaired) electrons. The summed E-state index contributed by atoms with van der Waals surface area (Å²) in [6.07, 6.45) is 4.31. The molecule has 104 valence electrons. The first-order valence-corrected chi connectivity index (χ1v) is 7.21. The molecule has 3 aromatic carbocycles. The maximum Gasteiger partial charge on any atom is 0.0337 e. The number of benzene rings is 3. The first kappa shape index (κ1) is 13.4. The van der Waals surface area contributed by atoms with Crippen molar-refractivity contribution in [3.63, 3.8) is 0 Å². The van der Waals surface area contributed by atoms with E-state index in [-0.39, 0.29) is 0 Å². The van der Waals surface area contributed by atoms with Gasteiger partial charge in [0.05, 0.1) is 0 Å². The molecule has 0 amide bonds. The van der Waals surface area contributed by atoms with Gasteiger partial charge in [0.2, 0.25) is 0 Å². The molecular weight excluding hydrogens is 254 g/mol. The summed E-state index contributed by atoms with van der Waals surface area (Å²) in [4.78, 5) is 0. The summed E-state index contributed by atoms with van der Waals surface area (Å²) in [6.45, 7) is 2.13. The summed E-state index contributed by atoms with van der Waals surface area (Å²) in [6, 6.07) is 21.6. The van der Waals surface area contributed by atoms with E-state index in [1.807, 2.05) is 7.05 Å². The molecule has 0 saturated heterocycles. The number of anilines is 1. The SMILES string of the molecule is CNc1ccc(/C=C/c2ccc3cc(C)ccc3c2)cc1. The molecule has 3 aromatic rings. The number of nitrogens with one attached hydrogen (secondary N) is 1. The third-order valence-electron chi connectivity index (χ3n) is 3.69. The minimum absolute atomic E-state index is 1.13. The van der Waals surface area contributed by atoms with E-state index < -0.39 is 0 Å². The molecule has 3 rings (SSSR count). The maximum absolute atomic E-state index is 3.13. The number of aryl methyl sites for hydroxylation is 1. The van der Waals surface area contributed by atoms with Crippen molar-refractivity contribution < 1.29 is 0 Å². The first-order chi connectivity index (χ1) is 10.2. The van der Waals surface area contributed by atoms with Crippen LogP contribution in [0.3, 0.4) is 0 Å². The molecule has 21 heavy (non-hydrogen) atoms. The van der Waals surface area contributed by atoms with Crippen LogP contribution in [0.25, 0.3) is 22.9 Å². The molecule has 0 aliphatic heterocycles. The van der Waals surface area contributed by atoms with Gasteiger partial charge in [0.1, 0.15) is 0 Å². The van der Waals surface area contributed by atoms with Gasteiger partial charge in [-0.3, -0.25) is 0 Å².